The van der Waals surface area contributed by atoms with Gasteiger partial charge in [-0.2, -0.15) is 5.10 Å². The highest BCUT2D eigenvalue weighted by molar-refractivity contribution is 9.10. The molecule has 1 aliphatic rings. The fraction of sp³-hybridized carbons (Fsp3) is 0.353. The van der Waals surface area contributed by atoms with Gasteiger partial charge in [0, 0.05) is 19.2 Å². The smallest absolute Gasteiger partial charge is 0.272 e. The Hall–Kier alpha value is -2.13. The molecule has 118 valence electrons. The summed E-state index contributed by atoms with van der Waals surface area (Å²) in [5.74, 6) is 0.00445. The fourth-order valence-corrected chi connectivity index (χ4v) is 3.35. The number of halogens is 1. The second-order valence-corrected chi connectivity index (χ2v) is 6.52. The van der Waals surface area contributed by atoms with Crippen LogP contribution in [0.25, 0.3) is 4.85 Å². The van der Waals surface area contributed by atoms with Crippen LogP contribution in [0.15, 0.2) is 34.9 Å². The standard InChI is InChI=1S/C17H17BrN4O/c1-3-4-14-11-21(10-12-5-7-13(19-2)8-6-12)17(23)15-9-16(18)20-22(14)15/h5-9,14H,3-4,10-11H2,1H3. The molecule has 0 spiro atoms. The highest BCUT2D eigenvalue weighted by atomic mass is 79.9. The molecule has 0 fully saturated rings. The van der Waals surface area contributed by atoms with Crippen molar-refractivity contribution in [1.82, 2.24) is 14.7 Å². The van der Waals surface area contributed by atoms with Gasteiger partial charge in [-0.1, -0.05) is 37.6 Å². The molecule has 6 heteroatoms. The summed E-state index contributed by atoms with van der Waals surface area (Å²) >= 11 is 3.37. The number of hydrogen-bond acceptors (Lipinski definition) is 2. The van der Waals surface area contributed by atoms with E-state index < -0.39 is 0 Å². The average Bonchev–Trinajstić information content (AvgIpc) is 2.95. The number of nitrogens with zero attached hydrogens (tertiary/aromatic N) is 4. The van der Waals surface area contributed by atoms with E-state index in [0.29, 0.717) is 29.1 Å². The number of carbonyl (C=O) groups is 1. The second-order valence-electron chi connectivity index (χ2n) is 5.70. The first-order chi connectivity index (χ1) is 11.1. The first kappa shape index (κ1) is 15.8. The second kappa shape index (κ2) is 6.55. The summed E-state index contributed by atoms with van der Waals surface area (Å²) in [6.07, 6.45) is 2.03. The zero-order chi connectivity index (χ0) is 16.4. The van der Waals surface area contributed by atoms with Gasteiger partial charge < -0.3 is 4.90 Å². The first-order valence-electron chi connectivity index (χ1n) is 7.63. The molecule has 3 rings (SSSR count). The lowest BCUT2D eigenvalue weighted by atomic mass is 10.1. The number of fused-ring (bicyclic) bond motifs is 1. The molecule has 0 aliphatic carbocycles. The average molecular weight is 373 g/mol. The highest BCUT2D eigenvalue weighted by Crippen LogP contribution is 2.28. The van der Waals surface area contributed by atoms with Crippen molar-refractivity contribution in [3.63, 3.8) is 0 Å². The van der Waals surface area contributed by atoms with Gasteiger partial charge in [-0.3, -0.25) is 9.48 Å². The Labute approximate surface area is 143 Å². The van der Waals surface area contributed by atoms with Crippen molar-refractivity contribution in [2.75, 3.05) is 6.54 Å². The minimum atomic E-state index is 0.00445. The van der Waals surface area contributed by atoms with Crippen molar-refractivity contribution in [2.45, 2.75) is 32.4 Å². The molecule has 1 atom stereocenters. The van der Waals surface area contributed by atoms with E-state index in [1.54, 1.807) is 18.2 Å². The summed E-state index contributed by atoms with van der Waals surface area (Å²) < 4.78 is 2.55. The van der Waals surface area contributed by atoms with Crippen molar-refractivity contribution in [3.8, 4) is 0 Å². The third-order valence-corrected chi connectivity index (χ3v) is 4.44. The molecule has 1 aromatic heterocycles. The Balaban J connectivity index is 1.85. The molecule has 5 nitrogen and oxygen atoms in total. The summed E-state index contributed by atoms with van der Waals surface area (Å²) in [7, 11) is 0. The summed E-state index contributed by atoms with van der Waals surface area (Å²) in [5.41, 5.74) is 2.29. The van der Waals surface area contributed by atoms with E-state index in [1.165, 1.54) is 0 Å². The SMILES string of the molecule is [C-]#[N+]c1ccc(CN2CC(CCC)n3nc(Br)cc3C2=O)cc1. The number of benzene rings is 1. The normalized spacial score (nSPS) is 17.0. The molecule has 0 N–H and O–H groups in total. The molecule has 0 saturated heterocycles. The first-order valence-corrected chi connectivity index (χ1v) is 8.42. The minimum Gasteiger partial charge on any atom is -0.331 e. The maximum atomic E-state index is 12.7. The summed E-state index contributed by atoms with van der Waals surface area (Å²) in [6.45, 7) is 10.4. The van der Waals surface area contributed by atoms with Crippen LogP contribution in [-0.2, 0) is 6.54 Å². The molecule has 0 radical (unpaired) electrons. The van der Waals surface area contributed by atoms with Gasteiger partial charge in [-0.05, 0) is 27.9 Å². The van der Waals surface area contributed by atoms with E-state index in [2.05, 4.69) is 32.8 Å². The Morgan fingerprint density at radius 1 is 1.39 bits per heavy atom. The number of aromatic nitrogens is 2. The van der Waals surface area contributed by atoms with Crippen molar-refractivity contribution in [1.29, 1.82) is 0 Å². The predicted molar refractivity (Wildman–Crippen MR) is 91.3 cm³/mol. The van der Waals surface area contributed by atoms with E-state index >= 15 is 0 Å². The van der Waals surface area contributed by atoms with E-state index in [1.807, 2.05) is 21.7 Å². The summed E-state index contributed by atoms with van der Waals surface area (Å²) in [5, 5.41) is 4.42. The zero-order valence-corrected chi connectivity index (χ0v) is 14.5. The lowest BCUT2D eigenvalue weighted by Crippen LogP contribution is -2.42. The highest BCUT2D eigenvalue weighted by Gasteiger charge is 2.32. The van der Waals surface area contributed by atoms with Crippen molar-refractivity contribution in [3.05, 3.63) is 57.6 Å². The molecule has 2 aromatic rings. The molecule has 1 unspecified atom stereocenters. The quantitative estimate of drug-likeness (QED) is 0.754. The van der Waals surface area contributed by atoms with Crippen molar-refractivity contribution in [2.24, 2.45) is 0 Å². The van der Waals surface area contributed by atoms with E-state index in [-0.39, 0.29) is 11.9 Å². The largest absolute Gasteiger partial charge is 0.331 e. The van der Waals surface area contributed by atoms with Crippen LogP contribution in [0.3, 0.4) is 0 Å². The van der Waals surface area contributed by atoms with Crippen molar-refractivity contribution >= 4 is 27.5 Å². The molecule has 1 aromatic carbocycles. The summed E-state index contributed by atoms with van der Waals surface area (Å²) in [6, 6.07) is 9.41. The van der Waals surface area contributed by atoms with Gasteiger partial charge in [0.05, 0.1) is 12.6 Å². The van der Waals surface area contributed by atoms with Gasteiger partial charge in [0.1, 0.15) is 10.3 Å². The Bertz CT molecular complexity index is 760. The van der Waals surface area contributed by atoms with Gasteiger partial charge in [0.2, 0.25) is 0 Å². The molecule has 1 aliphatic heterocycles. The van der Waals surface area contributed by atoms with Crippen LogP contribution in [0.2, 0.25) is 0 Å². The lowest BCUT2D eigenvalue weighted by Gasteiger charge is -2.33. The molecule has 2 heterocycles. The maximum Gasteiger partial charge on any atom is 0.272 e. The Morgan fingerprint density at radius 2 is 2.13 bits per heavy atom. The monoisotopic (exact) mass is 372 g/mol. The lowest BCUT2D eigenvalue weighted by molar-refractivity contribution is 0.0635. The van der Waals surface area contributed by atoms with Crippen LogP contribution < -0.4 is 0 Å². The molecule has 0 saturated carbocycles. The van der Waals surface area contributed by atoms with Crippen LogP contribution in [0, 0.1) is 6.57 Å². The van der Waals surface area contributed by atoms with Crippen LogP contribution in [0.5, 0.6) is 0 Å². The van der Waals surface area contributed by atoms with Crippen LogP contribution in [-0.4, -0.2) is 27.1 Å². The van der Waals surface area contributed by atoms with E-state index in [4.69, 9.17) is 6.57 Å². The number of carbonyl (C=O) groups excluding carboxylic acids is 1. The molecule has 0 bridgehead atoms. The minimum absolute atomic E-state index is 0.00445. The van der Waals surface area contributed by atoms with Gasteiger partial charge in [-0.15, -0.1) is 0 Å². The Kier molecular flexibility index (Phi) is 4.49. The zero-order valence-electron chi connectivity index (χ0n) is 12.9. The topological polar surface area (TPSA) is 42.5 Å². The molecule has 1 amide bonds. The Morgan fingerprint density at radius 3 is 2.78 bits per heavy atom. The fourth-order valence-electron chi connectivity index (χ4n) is 2.96. The number of rotatable bonds is 4. The van der Waals surface area contributed by atoms with Crippen LogP contribution in [0.1, 0.15) is 41.9 Å². The summed E-state index contributed by atoms with van der Waals surface area (Å²) in [4.78, 5) is 18.0. The van der Waals surface area contributed by atoms with E-state index in [9.17, 15) is 4.79 Å². The van der Waals surface area contributed by atoms with Gasteiger partial charge in [0.25, 0.3) is 5.91 Å². The van der Waals surface area contributed by atoms with Crippen LogP contribution in [0.4, 0.5) is 5.69 Å². The van der Waals surface area contributed by atoms with E-state index in [0.717, 1.165) is 18.4 Å². The number of amides is 1. The van der Waals surface area contributed by atoms with Gasteiger partial charge >= 0.3 is 0 Å². The van der Waals surface area contributed by atoms with Gasteiger partial charge in [0.15, 0.2) is 5.69 Å². The molecular weight excluding hydrogens is 356 g/mol. The van der Waals surface area contributed by atoms with Crippen LogP contribution >= 0.6 is 15.9 Å². The van der Waals surface area contributed by atoms with Crippen molar-refractivity contribution < 1.29 is 4.79 Å². The third kappa shape index (κ3) is 3.15. The maximum absolute atomic E-state index is 12.7. The third-order valence-electron chi connectivity index (χ3n) is 4.05. The molecule has 23 heavy (non-hydrogen) atoms. The van der Waals surface area contributed by atoms with Gasteiger partial charge in [-0.25, -0.2) is 4.85 Å². The molecular formula is C17H17BrN4O. The predicted octanol–water partition coefficient (Wildman–Crippen LogP) is 4.19. The number of hydrogen-bond donors (Lipinski definition) is 0.